The van der Waals surface area contributed by atoms with Crippen LogP contribution in [-0.4, -0.2) is 37.2 Å². The number of fused-ring (bicyclic) bond motifs is 1. The molecular weight excluding hydrogens is 469 g/mol. The molecule has 0 saturated heterocycles. The molecule has 6 nitrogen and oxygen atoms in total. The average molecular weight is 489 g/mol. The van der Waals surface area contributed by atoms with Crippen molar-refractivity contribution in [3.05, 3.63) is 42.1 Å². The highest BCUT2D eigenvalue weighted by Gasteiger charge is 2.39. The Labute approximate surface area is 186 Å². The van der Waals surface area contributed by atoms with Crippen molar-refractivity contribution in [1.82, 2.24) is 14.7 Å². The number of nitrogens with zero attached hydrogens (tertiary/aromatic N) is 1. The van der Waals surface area contributed by atoms with Crippen molar-refractivity contribution >= 4 is 20.9 Å². The second kappa shape index (κ2) is 8.56. The van der Waals surface area contributed by atoms with Crippen LogP contribution in [0.5, 0.6) is 5.75 Å². The number of rotatable bonds is 7. The van der Waals surface area contributed by atoms with Crippen LogP contribution < -0.4 is 9.46 Å². The largest absolute Gasteiger partial charge is 0.435 e. The van der Waals surface area contributed by atoms with Crippen LogP contribution in [0.4, 0.5) is 22.0 Å². The normalized spacial score (nSPS) is 16.2. The van der Waals surface area contributed by atoms with E-state index >= 15 is 0 Å². The number of nitrogens with one attached hydrogen (secondary N) is 2. The van der Waals surface area contributed by atoms with Gasteiger partial charge in [0.15, 0.2) is 0 Å². The zero-order chi connectivity index (χ0) is 24.0. The predicted octanol–water partition coefficient (Wildman–Crippen LogP) is 5.33. The van der Waals surface area contributed by atoms with Gasteiger partial charge >= 0.3 is 12.8 Å². The fraction of sp³-hybridized carbons (Fsp3) is 0.381. The maximum absolute atomic E-state index is 12.7. The van der Waals surface area contributed by atoms with Crippen molar-refractivity contribution in [1.29, 1.82) is 0 Å². The van der Waals surface area contributed by atoms with Crippen molar-refractivity contribution in [2.45, 2.75) is 55.8 Å². The van der Waals surface area contributed by atoms with E-state index in [1.54, 1.807) is 10.8 Å². The summed E-state index contributed by atoms with van der Waals surface area (Å²) >= 11 is 0. The number of hydrogen-bond donors (Lipinski definition) is 2. The molecule has 1 aromatic carbocycles. The van der Waals surface area contributed by atoms with Gasteiger partial charge < -0.3 is 9.72 Å². The molecule has 0 spiro atoms. The summed E-state index contributed by atoms with van der Waals surface area (Å²) in [5.41, 5.74) is 2.48. The maximum Gasteiger partial charge on any atom is 0.404 e. The van der Waals surface area contributed by atoms with Crippen LogP contribution in [0.3, 0.4) is 0 Å². The summed E-state index contributed by atoms with van der Waals surface area (Å²) in [6.07, 6.45) is -0.837. The molecule has 33 heavy (non-hydrogen) atoms. The van der Waals surface area contributed by atoms with Crippen molar-refractivity contribution in [3.8, 4) is 17.1 Å². The van der Waals surface area contributed by atoms with E-state index in [1.807, 2.05) is 0 Å². The molecule has 1 saturated carbocycles. The molecule has 178 valence electrons. The van der Waals surface area contributed by atoms with Gasteiger partial charge in [-0.1, -0.05) is 6.42 Å². The average Bonchev–Trinajstić information content (AvgIpc) is 3.03. The molecule has 1 aliphatic rings. The number of H-pyrrole nitrogens is 1. The van der Waals surface area contributed by atoms with E-state index in [9.17, 15) is 30.4 Å². The lowest BCUT2D eigenvalue weighted by atomic mass is 9.78. The Balaban J connectivity index is 1.70. The Morgan fingerprint density at radius 1 is 1.18 bits per heavy atom. The van der Waals surface area contributed by atoms with E-state index in [4.69, 9.17) is 0 Å². The van der Waals surface area contributed by atoms with Crippen molar-refractivity contribution in [2.75, 3.05) is 0 Å². The van der Waals surface area contributed by atoms with Crippen molar-refractivity contribution in [3.63, 3.8) is 0 Å². The SMILES string of the molecule is C[C@@H](NS(=O)(=O)c1ccc(-c2[nH]c3cc(OC(F)F)ccc3c2C2CCC2)nc1)C(F)(F)F. The molecular formula is C21H20F5N3O3S. The number of aromatic nitrogens is 2. The Hall–Kier alpha value is -2.73. The van der Waals surface area contributed by atoms with Crippen LogP contribution in [0.25, 0.3) is 22.3 Å². The minimum absolute atomic E-state index is 0.00952. The second-order valence-corrected chi connectivity index (χ2v) is 9.61. The van der Waals surface area contributed by atoms with Crippen LogP contribution in [0.15, 0.2) is 41.4 Å². The Morgan fingerprint density at radius 2 is 1.91 bits per heavy atom. The number of hydrogen-bond acceptors (Lipinski definition) is 4. The highest BCUT2D eigenvalue weighted by molar-refractivity contribution is 7.89. The Kier molecular flexibility index (Phi) is 6.08. The standard InChI is InChI=1S/C21H20F5N3O3S/c1-11(21(24,25)26)29-33(30,31)14-6-8-16(27-10-14)19-18(12-3-2-4-12)15-7-5-13(32-20(22)23)9-17(15)28-19/h5-12,20,28-29H,2-4H2,1H3/t11-/m1/s1. The minimum Gasteiger partial charge on any atom is -0.435 e. The van der Waals surface area contributed by atoms with Gasteiger partial charge in [-0.2, -0.15) is 26.7 Å². The summed E-state index contributed by atoms with van der Waals surface area (Å²) in [7, 11) is -4.43. The van der Waals surface area contributed by atoms with Gasteiger partial charge in [0, 0.05) is 23.2 Å². The minimum atomic E-state index is -4.73. The first-order valence-electron chi connectivity index (χ1n) is 10.1. The summed E-state index contributed by atoms with van der Waals surface area (Å²) in [5, 5.41) is 0.815. The third-order valence-corrected chi connectivity index (χ3v) is 7.20. The van der Waals surface area contributed by atoms with E-state index in [0.29, 0.717) is 23.8 Å². The van der Waals surface area contributed by atoms with Crippen LogP contribution in [0.1, 0.15) is 37.7 Å². The molecule has 0 amide bonds. The predicted molar refractivity (Wildman–Crippen MR) is 111 cm³/mol. The number of alkyl halides is 5. The van der Waals surface area contributed by atoms with E-state index in [0.717, 1.165) is 36.4 Å². The van der Waals surface area contributed by atoms with E-state index in [1.165, 1.54) is 24.3 Å². The molecule has 4 rings (SSSR count). The zero-order valence-corrected chi connectivity index (χ0v) is 18.1. The number of sulfonamides is 1. The summed E-state index contributed by atoms with van der Waals surface area (Å²) < 4.78 is 94.0. The number of pyridine rings is 1. The van der Waals surface area contributed by atoms with Crippen LogP contribution >= 0.6 is 0 Å². The number of ether oxygens (including phenoxy) is 1. The topological polar surface area (TPSA) is 84.1 Å². The molecule has 0 unspecified atom stereocenters. The van der Waals surface area contributed by atoms with Gasteiger partial charge in [0.05, 0.1) is 11.4 Å². The first-order chi connectivity index (χ1) is 15.5. The number of halogens is 5. The second-order valence-electron chi connectivity index (χ2n) is 7.89. The smallest absolute Gasteiger partial charge is 0.404 e. The van der Waals surface area contributed by atoms with Crippen molar-refractivity contribution in [2.24, 2.45) is 0 Å². The summed E-state index contributed by atoms with van der Waals surface area (Å²) in [5.74, 6) is 0.208. The molecule has 1 fully saturated rings. The summed E-state index contributed by atoms with van der Waals surface area (Å²) in [6.45, 7) is -2.26. The van der Waals surface area contributed by atoms with Gasteiger partial charge in [0.25, 0.3) is 0 Å². The third-order valence-electron chi connectivity index (χ3n) is 5.67. The van der Waals surface area contributed by atoms with Gasteiger partial charge in [-0.05, 0) is 55.5 Å². The number of benzene rings is 1. The zero-order valence-electron chi connectivity index (χ0n) is 17.3. The van der Waals surface area contributed by atoms with Crippen molar-refractivity contribution < 1.29 is 35.1 Å². The summed E-state index contributed by atoms with van der Waals surface area (Å²) in [6, 6.07) is 4.90. The van der Waals surface area contributed by atoms with Gasteiger partial charge in [-0.25, -0.2) is 8.42 Å². The lowest BCUT2D eigenvalue weighted by Crippen LogP contribution is -2.42. The lowest BCUT2D eigenvalue weighted by Gasteiger charge is -2.26. The first-order valence-corrected chi connectivity index (χ1v) is 11.6. The van der Waals surface area contributed by atoms with E-state index in [2.05, 4.69) is 14.7 Å². The Morgan fingerprint density at radius 3 is 2.45 bits per heavy atom. The van der Waals surface area contributed by atoms with E-state index in [-0.39, 0.29) is 11.7 Å². The van der Waals surface area contributed by atoms with E-state index < -0.39 is 33.7 Å². The van der Waals surface area contributed by atoms with Gasteiger partial charge in [0.1, 0.15) is 16.7 Å². The van der Waals surface area contributed by atoms with Gasteiger partial charge in [0.2, 0.25) is 10.0 Å². The first kappa shape index (κ1) is 23.4. The van der Waals surface area contributed by atoms with Crippen LogP contribution in [-0.2, 0) is 10.0 Å². The number of aromatic amines is 1. The summed E-state index contributed by atoms with van der Waals surface area (Å²) in [4.78, 5) is 6.92. The molecule has 0 bridgehead atoms. The monoisotopic (exact) mass is 489 g/mol. The quantitative estimate of drug-likeness (QED) is 0.440. The lowest BCUT2D eigenvalue weighted by molar-refractivity contribution is -0.147. The molecule has 1 aliphatic carbocycles. The van der Waals surface area contributed by atoms with Crippen LogP contribution in [0.2, 0.25) is 0 Å². The molecule has 0 aliphatic heterocycles. The molecule has 12 heteroatoms. The van der Waals surface area contributed by atoms with Gasteiger partial charge in [-0.3, -0.25) is 4.98 Å². The molecule has 2 N–H and O–H groups in total. The van der Waals surface area contributed by atoms with Gasteiger partial charge in [-0.15, -0.1) is 0 Å². The fourth-order valence-electron chi connectivity index (χ4n) is 3.75. The molecule has 2 aromatic heterocycles. The fourth-order valence-corrected chi connectivity index (χ4v) is 4.93. The molecule has 1 atom stereocenters. The third kappa shape index (κ3) is 4.81. The highest BCUT2D eigenvalue weighted by Crippen LogP contribution is 2.45. The molecule has 2 heterocycles. The Bertz CT molecular complexity index is 1250. The highest BCUT2D eigenvalue weighted by atomic mass is 32.2. The molecule has 0 radical (unpaired) electrons. The molecule has 3 aromatic rings. The van der Waals surface area contributed by atoms with Crippen LogP contribution in [0, 0.1) is 0 Å². The maximum atomic E-state index is 12.7.